The van der Waals surface area contributed by atoms with Crippen molar-refractivity contribution in [3.63, 3.8) is 0 Å². The number of benzene rings is 1. The van der Waals surface area contributed by atoms with Gasteiger partial charge in [-0.3, -0.25) is 14.3 Å². The zero-order valence-corrected chi connectivity index (χ0v) is 19.7. The van der Waals surface area contributed by atoms with Crippen LogP contribution in [0.4, 0.5) is 0 Å². The van der Waals surface area contributed by atoms with Crippen LogP contribution in [0.25, 0.3) is 10.9 Å². The van der Waals surface area contributed by atoms with E-state index < -0.39 is 0 Å². The molecular weight excluding hydrogens is 416 g/mol. The molecule has 1 saturated heterocycles. The lowest BCUT2D eigenvalue weighted by atomic mass is 10.0. The van der Waals surface area contributed by atoms with Crippen LogP contribution in [0.5, 0.6) is 0 Å². The molecule has 2 aromatic heterocycles. The Balaban J connectivity index is 1.49. The Morgan fingerprint density at radius 3 is 2.67 bits per heavy atom. The van der Waals surface area contributed by atoms with Gasteiger partial charge in [-0.2, -0.15) is 5.10 Å². The summed E-state index contributed by atoms with van der Waals surface area (Å²) in [7, 11) is 0. The van der Waals surface area contributed by atoms with E-state index >= 15 is 0 Å². The molecule has 4 rings (SSSR count). The smallest absolute Gasteiger partial charge is 0.257 e. The lowest BCUT2D eigenvalue weighted by Gasteiger charge is -2.35. The van der Waals surface area contributed by atoms with Gasteiger partial charge in [0.2, 0.25) is 5.91 Å². The van der Waals surface area contributed by atoms with Crippen molar-refractivity contribution < 1.29 is 9.59 Å². The second-order valence-electron chi connectivity index (χ2n) is 8.48. The largest absolute Gasteiger partial charge is 0.339 e. The standard InChI is InChI=1S/C25H32N6O2/c1-4-29(5-2)25(33)20-17-26-24(28-18(20)3)22-12-8-9-14-30(22)23(32)13-15-31-21-11-7-6-10-19(21)16-27-31/h6-7,10-11,16-17,22H,4-5,8-9,12-15H2,1-3H3. The summed E-state index contributed by atoms with van der Waals surface area (Å²) >= 11 is 0. The van der Waals surface area contributed by atoms with E-state index in [2.05, 4.69) is 15.1 Å². The van der Waals surface area contributed by atoms with Gasteiger partial charge in [-0.1, -0.05) is 18.2 Å². The van der Waals surface area contributed by atoms with Crippen molar-refractivity contribution in [3.05, 3.63) is 53.7 Å². The molecule has 0 radical (unpaired) electrons. The number of para-hydroxylation sites is 1. The summed E-state index contributed by atoms with van der Waals surface area (Å²) in [6, 6.07) is 7.86. The molecule has 0 saturated carbocycles. The molecule has 1 atom stereocenters. The predicted molar refractivity (Wildman–Crippen MR) is 127 cm³/mol. The fraction of sp³-hybridized carbons (Fsp3) is 0.480. The Kier molecular flexibility index (Phi) is 7.01. The van der Waals surface area contributed by atoms with Gasteiger partial charge < -0.3 is 9.80 Å². The first kappa shape index (κ1) is 22.9. The van der Waals surface area contributed by atoms with Crippen LogP contribution in [-0.4, -0.2) is 61.0 Å². The third-order valence-electron chi connectivity index (χ3n) is 6.49. The first-order chi connectivity index (χ1) is 16.0. The molecule has 1 aliphatic heterocycles. The van der Waals surface area contributed by atoms with Gasteiger partial charge in [0.1, 0.15) is 0 Å². The van der Waals surface area contributed by atoms with E-state index in [9.17, 15) is 9.59 Å². The molecule has 33 heavy (non-hydrogen) atoms. The Labute approximate surface area is 194 Å². The molecular formula is C25H32N6O2. The van der Waals surface area contributed by atoms with Gasteiger partial charge in [0, 0.05) is 37.6 Å². The summed E-state index contributed by atoms with van der Waals surface area (Å²) < 4.78 is 1.89. The van der Waals surface area contributed by atoms with E-state index in [1.165, 1.54) is 0 Å². The number of amides is 2. The maximum absolute atomic E-state index is 13.2. The van der Waals surface area contributed by atoms with E-state index in [-0.39, 0.29) is 17.9 Å². The van der Waals surface area contributed by atoms with Gasteiger partial charge in [0.25, 0.3) is 5.91 Å². The highest BCUT2D eigenvalue weighted by atomic mass is 16.2. The molecule has 1 unspecified atom stereocenters. The fourth-order valence-electron chi connectivity index (χ4n) is 4.58. The normalized spacial score (nSPS) is 16.2. The lowest BCUT2D eigenvalue weighted by molar-refractivity contribution is -0.135. The average Bonchev–Trinajstić information content (AvgIpc) is 3.26. The summed E-state index contributed by atoms with van der Waals surface area (Å²) in [5.41, 5.74) is 2.23. The minimum absolute atomic E-state index is 0.0490. The van der Waals surface area contributed by atoms with E-state index in [0.29, 0.717) is 49.7 Å². The first-order valence-electron chi connectivity index (χ1n) is 11.9. The summed E-state index contributed by atoms with van der Waals surface area (Å²) in [5, 5.41) is 5.51. The Hall–Kier alpha value is -3.29. The molecule has 8 nitrogen and oxygen atoms in total. The summed E-state index contributed by atoms with van der Waals surface area (Å²) in [5.74, 6) is 0.664. The molecule has 0 aliphatic carbocycles. The maximum atomic E-state index is 13.2. The second kappa shape index (κ2) is 10.1. The van der Waals surface area contributed by atoms with Crippen molar-refractivity contribution in [3.8, 4) is 0 Å². The number of carbonyl (C=O) groups is 2. The fourth-order valence-corrected chi connectivity index (χ4v) is 4.58. The van der Waals surface area contributed by atoms with Gasteiger partial charge in [0.05, 0.1) is 35.6 Å². The van der Waals surface area contributed by atoms with Crippen molar-refractivity contribution in [2.24, 2.45) is 0 Å². The highest BCUT2D eigenvalue weighted by Gasteiger charge is 2.30. The van der Waals surface area contributed by atoms with Crippen molar-refractivity contribution in [1.82, 2.24) is 29.5 Å². The summed E-state index contributed by atoms with van der Waals surface area (Å²) in [6.45, 7) is 8.30. The molecule has 174 valence electrons. The van der Waals surface area contributed by atoms with E-state index in [1.807, 2.05) is 60.8 Å². The van der Waals surface area contributed by atoms with Gasteiger partial charge in [-0.15, -0.1) is 0 Å². The number of aromatic nitrogens is 4. The van der Waals surface area contributed by atoms with Crippen LogP contribution in [-0.2, 0) is 11.3 Å². The molecule has 1 aromatic carbocycles. The lowest BCUT2D eigenvalue weighted by Crippen LogP contribution is -2.40. The molecule has 8 heteroatoms. The summed E-state index contributed by atoms with van der Waals surface area (Å²) in [6.07, 6.45) is 6.68. The minimum Gasteiger partial charge on any atom is -0.339 e. The Morgan fingerprint density at radius 1 is 1.12 bits per heavy atom. The van der Waals surface area contributed by atoms with Crippen molar-refractivity contribution in [2.75, 3.05) is 19.6 Å². The van der Waals surface area contributed by atoms with Crippen LogP contribution in [0.15, 0.2) is 36.7 Å². The highest BCUT2D eigenvalue weighted by Crippen LogP contribution is 2.30. The number of nitrogens with zero attached hydrogens (tertiary/aromatic N) is 6. The number of fused-ring (bicyclic) bond motifs is 1. The molecule has 3 heterocycles. The van der Waals surface area contributed by atoms with Gasteiger partial charge >= 0.3 is 0 Å². The molecule has 1 fully saturated rings. The van der Waals surface area contributed by atoms with E-state index in [1.54, 1.807) is 11.1 Å². The van der Waals surface area contributed by atoms with Crippen molar-refractivity contribution in [1.29, 1.82) is 0 Å². The van der Waals surface area contributed by atoms with Gasteiger partial charge in [0.15, 0.2) is 5.82 Å². The van der Waals surface area contributed by atoms with Crippen molar-refractivity contribution >= 4 is 22.7 Å². The van der Waals surface area contributed by atoms with Crippen LogP contribution >= 0.6 is 0 Å². The SMILES string of the molecule is CCN(CC)C(=O)c1cnc(C2CCCCN2C(=O)CCn2ncc3ccccc32)nc1C. The number of carbonyl (C=O) groups excluding carboxylic acids is 2. The summed E-state index contributed by atoms with van der Waals surface area (Å²) in [4.78, 5) is 38.9. The number of hydrogen-bond acceptors (Lipinski definition) is 5. The van der Waals surface area contributed by atoms with Crippen LogP contribution in [0.1, 0.15) is 67.4 Å². The van der Waals surface area contributed by atoms with Gasteiger partial charge in [-0.05, 0) is 46.1 Å². The van der Waals surface area contributed by atoms with Gasteiger partial charge in [-0.25, -0.2) is 9.97 Å². The number of likely N-dealkylation sites (tertiary alicyclic amines) is 1. The second-order valence-corrected chi connectivity index (χ2v) is 8.48. The zero-order chi connectivity index (χ0) is 23.4. The van der Waals surface area contributed by atoms with Crippen LogP contribution in [0.3, 0.4) is 0 Å². The molecule has 0 N–H and O–H groups in total. The van der Waals surface area contributed by atoms with Crippen LogP contribution < -0.4 is 0 Å². The third-order valence-corrected chi connectivity index (χ3v) is 6.49. The highest BCUT2D eigenvalue weighted by molar-refractivity contribution is 5.94. The Bertz CT molecular complexity index is 1140. The molecule has 1 aliphatic rings. The zero-order valence-electron chi connectivity index (χ0n) is 19.7. The van der Waals surface area contributed by atoms with E-state index in [4.69, 9.17) is 0 Å². The third kappa shape index (κ3) is 4.74. The van der Waals surface area contributed by atoms with E-state index in [0.717, 1.165) is 30.2 Å². The molecule has 0 spiro atoms. The molecule has 2 amide bonds. The number of rotatable bonds is 7. The minimum atomic E-state index is -0.156. The van der Waals surface area contributed by atoms with Crippen molar-refractivity contribution in [2.45, 2.75) is 59.0 Å². The molecule has 0 bridgehead atoms. The predicted octanol–water partition coefficient (Wildman–Crippen LogP) is 3.76. The quantitative estimate of drug-likeness (QED) is 0.549. The topological polar surface area (TPSA) is 84.2 Å². The number of hydrogen-bond donors (Lipinski definition) is 0. The average molecular weight is 449 g/mol. The number of piperidine rings is 1. The monoisotopic (exact) mass is 448 g/mol. The Morgan fingerprint density at radius 2 is 1.91 bits per heavy atom. The molecule has 3 aromatic rings. The van der Waals surface area contributed by atoms with Crippen LogP contribution in [0, 0.1) is 6.92 Å². The maximum Gasteiger partial charge on any atom is 0.257 e. The van der Waals surface area contributed by atoms with Crippen LogP contribution in [0.2, 0.25) is 0 Å². The first-order valence-corrected chi connectivity index (χ1v) is 11.9. The number of aryl methyl sites for hydroxylation is 2.